The number of aromatic carboxylic acids is 1. The van der Waals surface area contributed by atoms with E-state index in [2.05, 4.69) is 4.98 Å². The van der Waals surface area contributed by atoms with Crippen LogP contribution in [0.4, 0.5) is 23.4 Å². The van der Waals surface area contributed by atoms with Crippen molar-refractivity contribution in [2.24, 2.45) is 0 Å². The maximum absolute atomic E-state index is 14.2. The lowest BCUT2D eigenvalue weighted by Crippen LogP contribution is -2.21. The molecule has 33 heavy (non-hydrogen) atoms. The molecule has 0 atom stereocenters. The average Bonchev–Trinajstić information content (AvgIpc) is 2.73. The highest BCUT2D eigenvalue weighted by Gasteiger charge is 2.38. The number of nitrogen functional groups attached to an aromatic ring is 1. The van der Waals surface area contributed by atoms with Crippen LogP contribution in [0.1, 0.15) is 23.3 Å². The van der Waals surface area contributed by atoms with E-state index < -0.39 is 23.9 Å². The van der Waals surface area contributed by atoms with Crippen LogP contribution in [-0.2, 0) is 4.79 Å². The second-order valence-electron chi connectivity index (χ2n) is 6.09. The van der Waals surface area contributed by atoms with Crippen LogP contribution in [0.2, 0.25) is 0 Å². The number of halogens is 4. The molecule has 0 unspecified atom stereocenters. The number of hydrogen-bond donors (Lipinski definition) is 3. The van der Waals surface area contributed by atoms with E-state index in [1.165, 1.54) is 18.2 Å². The molecule has 1 aromatic heterocycles. The molecule has 0 aliphatic carbocycles. The number of alkyl halides is 3. The zero-order valence-electron chi connectivity index (χ0n) is 15.9. The van der Waals surface area contributed by atoms with Gasteiger partial charge in [0.15, 0.2) is 0 Å². The van der Waals surface area contributed by atoms with Gasteiger partial charge in [0.05, 0.1) is 11.3 Å². The molecule has 1 heterocycles. The fourth-order valence-corrected chi connectivity index (χ4v) is 2.51. The summed E-state index contributed by atoms with van der Waals surface area (Å²) in [7, 11) is 0. The number of rotatable bonds is 3. The first-order chi connectivity index (χ1) is 15.0. The zero-order chi connectivity index (χ0) is 24.1. The molecule has 3 aromatic rings. The van der Waals surface area contributed by atoms with Crippen LogP contribution in [0.3, 0.4) is 0 Å². The summed E-state index contributed by atoms with van der Waals surface area (Å²) < 4.78 is 45.9. The van der Waals surface area contributed by atoms with Gasteiger partial charge in [-0.3, -0.25) is 0 Å². The van der Waals surface area contributed by atoms with Gasteiger partial charge in [-0.1, -0.05) is 37.8 Å². The maximum atomic E-state index is 14.2. The quantitative estimate of drug-likeness (QED) is 0.466. The van der Waals surface area contributed by atoms with Crippen molar-refractivity contribution >= 4 is 17.8 Å². The molecular weight excluding hydrogens is 446 g/mol. The normalized spacial score (nSPS) is 10.2. The summed E-state index contributed by atoms with van der Waals surface area (Å²) in [5, 5.41) is 25.4. The number of carboxylic acid groups (broad SMARTS) is 2. The minimum absolute atomic E-state index is 0. The number of pyridine rings is 1. The van der Waals surface area contributed by atoms with Gasteiger partial charge in [-0.2, -0.15) is 18.4 Å². The van der Waals surface area contributed by atoms with Gasteiger partial charge in [-0.15, -0.1) is 0 Å². The van der Waals surface area contributed by atoms with Crippen molar-refractivity contribution in [3.05, 3.63) is 71.5 Å². The SMILES string of the molecule is C.N#Cc1c(-c2ccccc2F)cc(-c2ccc(C(=O)O)cc2)nc1N.O=C(O)C(F)(F)F. The van der Waals surface area contributed by atoms with Gasteiger partial charge < -0.3 is 15.9 Å². The Kier molecular flexibility index (Phi) is 8.63. The van der Waals surface area contributed by atoms with Crippen LogP contribution < -0.4 is 5.73 Å². The zero-order valence-corrected chi connectivity index (χ0v) is 15.9. The minimum Gasteiger partial charge on any atom is -0.478 e. The van der Waals surface area contributed by atoms with Crippen molar-refractivity contribution < 1.29 is 37.4 Å². The van der Waals surface area contributed by atoms with Crippen LogP contribution in [0.15, 0.2) is 54.6 Å². The standard InChI is InChI=1S/C19H12FN3O2.C2HF3O2.CH4/c20-16-4-2-1-3-13(16)14-9-17(23-18(22)15(14)10-21)11-5-7-12(8-6-11)19(24)25;3-2(4,5)1(6)7;/h1-9H,(H2,22,23)(H,24,25);(H,6,7);1H4. The Bertz CT molecular complexity index is 1200. The van der Waals surface area contributed by atoms with Crippen molar-refractivity contribution in [1.29, 1.82) is 5.26 Å². The molecule has 0 fully saturated rings. The number of anilines is 1. The van der Waals surface area contributed by atoms with Crippen LogP contribution in [0.5, 0.6) is 0 Å². The molecule has 2 aromatic carbocycles. The molecule has 0 saturated heterocycles. The van der Waals surface area contributed by atoms with Crippen LogP contribution in [0, 0.1) is 17.1 Å². The van der Waals surface area contributed by atoms with E-state index in [9.17, 15) is 27.6 Å². The largest absolute Gasteiger partial charge is 0.490 e. The number of nitrogens with zero attached hydrogens (tertiary/aromatic N) is 2. The van der Waals surface area contributed by atoms with Gasteiger partial charge >= 0.3 is 18.1 Å². The van der Waals surface area contributed by atoms with E-state index in [1.807, 2.05) is 6.07 Å². The molecule has 11 heteroatoms. The molecule has 172 valence electrons. The summed E-state index contributed by atoms with van der Waals surface area (Å²) in [5.74, 6) is -4.28. The number of aromatic nitrogens is 1. The van der Waals surface area contributed by atoms with E-state index in [0.29, 0.717) is 16.8 Å². The third kappa shape index (κ3) is 6.51. The smallest absolute Gasteiger partial charge is 0.478 e. The third-order valence-corrected chi connectivity index (χ3v) is 3.99. The summed E-state index contributed by atoms with van der Waals surface area (Å²) in [6.45, 7) is 0. The highest BCUT2D eigenvalue weighted by molar-refractivity contribution is 5.88. The Labute approximate surface area is 185 Å². The molecule has 7 nitrogen and oxygen atoms in total. The molecule has 0 spiro atoms. The van der Waals surface area contributed by atoms with Gasteiger partial charge in [-0.05, 0) is 24.3 Å². The molecular formula is C22H17F4N3O4. The monoisotopic (exact) mass is 463 g/mol. The van der Waals surface area contributed by atoms with E-state index in [4.69, 9.17) is 20.7 Å². The van der Waals surface area contributed by atoms with Crippen molar-refractivity contribution in [2.75, 3.05) is 5.73 Å². The van der Waals surface area contributed by atoms with Crippen molar-refractivity contribution in [3.8, 4) is 28.5 Å². The summed E-state index contributed by atoms with van der Waals surface area (Å²) in [6, 6.07) is 15.7. The maximum Gasteiger partial charge on any atom is 0.490 e. The molecule has 3 rings (SSSR count). The Morgan fingerprint density at radius 1 is 1.00 bits per heavy atom. The Balaban J connectivity index is 0.000000595. The summed E-state index contributed by atoms with van der Waals surface area (Å²) in [5.41, 5.74) is 7.74. The fraction of sp³-hybridized carbons (Fsp3) is 0.0909. The van der Waals surface area contributed by atoms with Crippen molar-refractivity contribution in [3.63, 3.8) is 0 Å². The molecule has 0 radical (unpaired) electrons. The van der Waals surface area contributed by atoms with E-state index >= 15 is 0 Å². The van der Waals surface area contributed by atoms with Crippen molar-refractivity contribution in [2.45, 2.75) is 13.6 Å². The lowest BCUT2D eigenvalue weighted by atomic mass is 9.98. The molecule has 0 bridgehead atoms. The number of carboxylic acids is 2. The number of nitriles is 1. The fourth-order valence-electron chi connectivity index (χ4n) is 2.51. The van der Waals surface area contributed by atoms with Crippen LogP contribution in [-0.4, -0.2) is 33.3 Å². The highest BCUT2D eigenvalue weighted by atomic mass is 19.4. The minimum atomic E-state index is -5.08. The van der Waals surface area contributed by atoms with Gasteiger partial charge in [0.1, 0.15) is 23.3 Å². The van der Waals surface area contributed by atoms with Crippen molar-refractivity contribution in [1.82, 2.24) is 4.98 Å². The van der Waals surface area contributed by atoms with E-state index in [-0.39, 0.29) is 29.9 Å². The molecule has 0 amide bonds. The topological polar surface area (TPSA) is 137 Å². The third-order valence-electron chi connectivity index (χ3n) is 3.99. The number of hydrogen-bond acceptors (Lipinski definition) is 5. The Morgan fingerprint density at radius 3 is 2.00 bits per heavy atom. The van der Waals surface area contributed by atoms with Gasteiger partial charge in [-0.25, -0.2) is 19.0 Å². The van der Waals surface area contributed by atoms with E-state index in [1.54, 1.807) is 36.4 Å². The molecule has 4 N–H and O–H groups in total. The summed E-state index contributed by atoms with van der Waals surface area (Å²) in [4.78, 5) is 24.0. The Morgan fingerprint density at radius 2 is 1.55 bits per heavy atom. The number of benzene rings is 2. The number of aliphatic carboxylic acids is 1. The summed E-state index contributed by atoms with van der Waals surface area (Å²) in [6.07, 6.45) is -5.08. The predicted octanol–water partition coefficient (Wildman–Crippen LogP) is 4.98. The second-order valence-corrected chi connectivity index (χ2v) is 6.09. The van der Waals surface area contributed by atoms with Gasteiger partial charge in [0.25, 0.3) is 0 Å². The van der Waals surface area contributed by atoms with Crippen LogP contribution >= 0.6 is 0 Å². The average molecular weight is 463 g/mol. The second kappa shape index (κ2) is 10.7. The number of carbonyl (C=O) groups is 2. The predicted molar refractivity (Wildman–Crippen MR) is 112 cm³/mol. The lowest BCUT2D eigenvalue weighted by Gasteiger charge is -2.11. The first-order valence-corrected chi connectivity index (χ1v) is 8.55. The molecule has 0 aliphatic heterocycles. The summed E-state index contributed by atoms with van der Waals surface area (Å²) >= 11 is 0. The van der Waals surface area contributed by atoms with Crippen LogP contribution in [0.25, 0.3) is 22.4 Å². The van der Waals surface area contributed by atoms with Gasteiger partial charge in [0.2, 0.25) is 0 Å². The van der Waals surface area contributed by atoms with Gasteiger partial charge in [0, 0.05) is 16.7 Å². The molecule has 0 aliphatic rings. The lowest BCUT2D eigenvalue weighted by molar-refractivity contribution is -0.192. The molecule has 0 saturated carbocycles. The first kappa shape index (κ1) is 26.6. The first-order valence-electron chi connectivity index (χ1n) is 8.55. The Hall–Kier alpha value is -4.46. The van der Waals surface area contributed by atoms with E-state index in [0.717, 1.165) is 0 Å². The highest BCUT2D eigenvalue weighted by Crippen LogP contribution is 2.32. The number of nitrogens with two attached hydrogens (primary N) is 1.